The van der Waals surface area contributed by atoms with Crippen LogP contribution in [0.15, 0.2) is 28.6 Å². The minimum atomic E-state index is -3.97. The van der Waals surface area contributed by atoms with E-state index in [2.05, 4.69) is 18.3 Å². The lowest BCUT2D eigenvalue weighted by molar-refractivity contribution is 0.607. The first-order chi connectivity index (χ1) is 6.91. The topological polar surface area (TPSA) is 46.5 Å². The van der Waals surface area contributed by atoms with E-state index in [0.29, 0.717) is 0 Å². The number of benzene rings is 1. The molecule has 3 nitrogen and oxygen atoms in total. The van der Waals surface area contributed by atoms with Crippen molar-refractivity contribution in [3.63, 3.8) is 0 Å². The van der Waals surface area contributed by atoms with Gasteiger partial charge in [-0.05, 0) is 18.9 Å². The number of aliphatic imine (C=N–C) groups is 1. The first kappa shape index (κ1) is 11.9. The Balaban J connectivity index is 3.71. The highest BCUT2D eigenvalue weighted by molar-refractivity contribution is 8.13. The quantitative estimate of drug-likeness (QED) is 0.609. The summed E-state index contributed by atoms with van der Waals surface area (Å²) in [7, 11) is 1.18. The molecular formula is C9H7ClFNO2S. The van der Waals surface area contributed by atoms with Gasteiger partial charge in [-0.3, -0.25) is 4.99 Å². The summed E-state index contributed by atoms with van der Waals surface area (Å²) >= 11 is 0. The van der Waals surface area contributed by atoms with E-state index in [1.54, 1.807) is 0 Å². The Bertz CT molecular complexity index is 525. The number of halogens is 2. The molecular weight excluding hydrogens is 241 g/mol. The van der Waals surface area contributed by atoms with Gasteiger partial charge in [0.1, 0.15) is 10.7 Å². The summed E-state index contributed by atoms with van der Waals surface area (Å²) < 4.78 is 35.4. The molecule has 0 saturated carbocycles. The number of rotatable bonds is 3. The van der Waals surface area contributed by atoms with Crippen molar-refractivity contribution < 1.29 is 12.8 Å². The Morgan fingerprint density at radius 3 is 2.47 bits per heavy atom. The van der Waals surface area contributed by atoms with E-state index >= 15 is 0 Å². The van der Waals surface area contributed by atoms with Crippen LogP contribution in [0.4, 0.5) is 10.1 Å². The molecule has 1 aromatic rings. The summed E-state index contributed by atoms with van der Waals surface area (Å²) in [5.74, 6) is -0.628. The van der Waals surface area contributed by atoms with Crippen molar-refractivity contribution >= 4 is 38.2 Å². The van der Waals surface area contributed by atoms with Crippen molar-refractivity contribution in [2.75, 3.05) is 0 Å². The number of nitrogens with zero attached hydrogens (tertiary/aromatic N) is 1. The van der Waals surface area contributed by atoms with Gasteiger partial charge in [-0.1, -0.05) is 12.7 Å². The summed E-state index contributed by atoms with van der Waals surface area (Å²) in [5, 5.41) is 0. The summed E-state index contributed by atoms with van der Waals surface area (Å²) in [5.41, 5.74) is -0.160. The zero-order valence-corrected chi connectivity index (χ0v) is 9.15. The fraction of sp³-hybridized carbons (Fsp3) is 0. The first-order valence-electron chi connectivity index (χ1n) is 3.78. The van der Waals surface area contributed by atoms with Crippen LogP contribution in [-0.4, -0.2) is 15.1 Å². The zero-order valence-electron chi connectivity index (χ0n) is 7.57. The normalized spacial score (nSPS) is 11.1. The molecule has 0 heterocycles. The van der Waals surface area contributed by atoms with Crippen LogP contribution in [-0.2, 0) is 9.05 Å². The summed E-state index contributed by atoms with van der Waals surface area (Å²) in [6.45, 7) is 6.53. The van der Waals surface area contributed by atoms with Gasteiger partial charge in [0.2, 0.25) is 0 Å². The molecule has 80 valence electrons. The van der Waals surface area contributed by atoms with E-state index in [9.17, 15) is 12.8 Å². The van der Waals surface area contributed by atoms with Gasteiger partial charge in [-0.15, -0.1) is 0 Å². The van der Waals surface area contributed by atoms with Crippen LogP contribution >= 0.6 is 10.7 Å². The minimum absolute atomic E-state index is 0.0354. The van der Waals surface area contributed by atoms with E-state index in [-0.39, 0.29) is 16.1 Å². The molecule has 15 heavy (non-hydrogen) atoms. The molecule has 0 fully saturated rings. The van der Waals surface area contributed by atoms with Gasteiger partial charge in [0, 0.05) is 16.2 Å². The van der Waals surface area contributed by atoms with Crippen LogP contribution in [0.5, 0.6) is 0 Å². The Kier molecular flexibility index (Phi) is 3.26. The molecule has 1 aromatic carbocycles. The minimum Gasteiger partial charge on any atom is -0.263 e. The fourth-order valence-electron chi connectivity index (χ4n) is 1.12. The van der Waals surface area contributed by atoms with Gasteiger partial charge in [0.15, 0.2) is 0 Å². The van der Waals surface area contributed by atoms with Crippen LogP contribution in [0, 0.1) is 5.82 Å². The molecule has 0 N–H and O–H groups in total. The van der Waals surface area contributed by atoms with Crippen molar-refractivity contribution in [2.45, 2.75) is 4.90 Å². The molecule has 0 bridgehead atoms. The van der Waals surface area contributed by atoms with E-state index in [0.717, 1.165) is 18.2 Å². The maximum Gasteiger partial charge on any atom is 0.263 e. The first-order valence-corrected chi connectivity index (χ1v) is 6.09. The Morgan fingerprint density at radius 2 is 2.07 bits per heavy atom. The zero-order chi connectivity index (χ0) is 11.6. The third kappa shape index (κ3) is 2.24. The fourth-order valence-corrected chi connectivity index (χ4v) is 2.13. The summed E-state index contributed by atoms with van der Waals surface area (Å²) in [4.78, 5) is 3.16. The van der Waals surface area contributed by atoms with E-state index in [4.69, 9.17) is 10.7 Å². The molecule has 0 spiro atoms. The summed E-state index contributed by atoms with van der Waals surface area (Å²) in [6.07, 6.45) is 1.16. The van der Waals surface area contributed by atoms with Gasteiger partial charge < -0.3 is 0 Å². The average molecular weight is 248 g/mol. The molecule has 0 aromatic heterocycles. The molecule has 0 unspecified atom stereocenters. The van der Waals surface area contributed by atoms with E-state index < -0.39 is 14.9 Å². The highest BCUT2D eigenvalue weighted by Gasteiger charge is 2.19. The third-order valence-corrected chi connectivity index (χ3v) is 3.11. The average Bonchev–Trinajstić information content (AvgIpc) is 2.15. The number of hydrogen-bond donors (Lipinski definition) is 0. The maximum atomic E-state index is 13.2. The molecule has 1 rings (SSSR count). The Labute approximate surface area is 91.3 Å². The van der Waals surface area contributed by atoms with E-state index in [1.165, 1.54) is 0 Å². The maximum absolute atomic E-state index is 13.2. The molecule has 0 amide bonds. The van der Waals surface area contributed by atoms with Crippen LogP contribution in [0.2, 0.25) is 0 Å². The Morgan fingerprint density at radius 1 is 1.47 bits per heavy atom. The summed E-state index contributed by atoms with van der Waals surface area (Å²) in [6, 6.07) is 2.02. The second kappa shape index (κ2) is 4.12. The SMILES string of the molecule is C=Cc1c(F)ccc(S(=O)(=O)Cl)c1N=C. The lowest BCUT2D eigenvalue weighted by Crippen LogP contribution is -1.95. The van der Waals surface area contributed by atoms with Crippen LogP contribution in [0.3, 0.4) is 0 Å². The predicted molar refractivity (Wildman–Crippen MR) is 58.7 cm³/mol. The molecule has 0 aliphatic rings. The number of hydrogen-bond acceptors (Lipinski definition) is 3. The van der Waals surface area contributed by atoms with Crippen LogP contribution < -0.4 is 0 Å². The monoisotopic (exact) mass is 247 g/mol. The molecule has 6 heteroatoms. The van der Waals surface area contributed by atoms with E-state index in [1.807, 2.05) is 0 Å². The molecule has 0 aliphatic heterocycles. The lowest BCUT2D eigenvalue weighted by atomic mass is 10.1. The van der Waals surface area contributed by atoms with Gasteiger partial charge in [-0.25, -0.2) is 12.8 Å². The van der Waals surface area contributed by atoms with Crippen molar-refractivity contribution in [1.82, 2.24) is 0 Å². The highest BCUT2D eigenvalue weighted by Crippen LogP contribution is 2.32. The third-order valence-electron chi connectivity index (χ3n) is 1.75. The second-order valence-electron chi connectivity index (χ2n) is 2.61. The Hall–Kier alpha value is -1.20. The van der Waals surface area contributed by atoms with Gasteiger partial charge in [0.25, 0.3) is 9.05 Å². The smallest absolute Gasteiger partial charge is 0.263 e. The van der Waals surface area contributed by atoms with Gasteiger partial charge in [0.05, 0.1) is 5.69 Å². The molecule has 0 atom stereocenters. The van der Waals surface area contributed by atoms with Crippen LogP contribution in [0.1, 0.15) is 5.56 Å². The molecule has 0 radical (unpaired) electrons. The lowest BCUT2D eigenvalue weighted by Gasteiger charge is -2.06. The van der Waals surface area contributed by atoms with Gasteiger partial charge >= 0.3 is 0 Å². The van der Waals surface area contributed by atoms with Crippen molar-refractivity contribution in [3.05, 3.63) is 30.1 Å². The van der Waals surface area contributed by atoms with Crippen molar-refractivity contribution in [1.29, 1.82) is 0 Å². The standard InChI is InChI=1S/C9H7ClFNO2S/c1-3-6-7(11)4-5-8(9(6)12-2)15(10,13)14/h3-5H,1-2H2. The highest BCUT2D eigenvalue weighted by atomic mass is 35.7. The molecule has 0 aliphatic carbocycles. The molecule has 0 saturated heterocycles. The van der Waals surface area contributed by atoms with Gasteiger partial charge in [-0.2, -0.15) is 0 Å². The predicted octanol–water partition coefficient (Wildman–Crippen LogP) is 2.73. The van der Waals surface area contributed by atoms with Crippen molar-refractivity contribution in [2.24, 2.45) is 4.99 Å². The van der Waals surface area contributed by atoms with Crippen molar-refractivity contribution in [3.8, 4) is 0 Å². The van der Waals surface area contributed by atoms with Crippen LogP contribution in [0.25, 0.3) is 6.08 Å². The largest absolute Gasteiger partial charge is 0.263 e. The second-order valence-corrected chi connectivity index (χ2v) is 5.14.